The largest absolute Gasteiger partial charge is 0.462 e. The number of hydrogen-bond donors (Lipinski definition) is 3. The van der Waals surface area contributed by atoms with Crippen LogP contribution in [0.5, 0.6) is 0 Å². The van der Waals surface area contributed by atoms with Crippen LogP contribution >= 0.6 is 23.1 Å². The van der Waals surface area contributed by atoms with E-state index in [0.717, 1.165) is 17.3 Å². The number of anilines is 1. The summed E-state index contributed by atoms with van der Waals surface area (Å²) in [7, 11) is 0. The van der Waals surface area contributed by atoms with Gasteiger partial charge in [-0.25, -0.2) is 4.79 Å². The molecule has 2 aromatic rings. The quantitative estimate of drug-likeness (QED) is 0.642. The second-order valence-electron chi connectivity index (χ2n) is 5.62. The number of rotatable bonds is 6. The van der Waals surface area contributed by atoms with Gasteiger partial charge in [0.25, 0.3) is 0 Å². The fourth-order valence-electron chi connectivity index (χ4n) is 2.58. The van der Waals surface area contributed by atoms with E-state index in [-0.39, 0.29) is 24.1 Å². The van der Waals surface area contributed by atoms with Gasteiger partial charge in [-0.3, -0.25) is 15.0 Å². The Balaban J connectivity index is 1.83. The van der Waals surface area contributed by atoms with E-state index in [9.17, 15) is 14.4 Å². The Morgan fingerprint density at radius 2 is 2.04 bits per heavy atom. The molecule has 9 heteroatoms. The molecule has 0 saturated carbocycles. The average Bonchev–Trinajstić information content (AvgIpc) is 3.18. The van der Waals surface area contributed by atoms with Crippen LogP contribution in [0.15, 0.2) is 35.7 Å². The number of carbonyl (C=O) groups excluding carboxylic acids is 3. The van der Waals surface area contributed by atoms with Gasteiger partial charge in [-0.05, 0) is 12.5 Å². The highest BCUT2D eigenvalue weighted by atomic mass is 32.2. The molecule has 2 heterocycles. The normalized spacial score (nSPS) is 16.1. The summed E-state index contributed by atoms with van der Waals surface area (Å²) >= 11 is 2.24. The van der Waals surface area contributed by atoms with Crippen molar-refractivity contribution in [2.24, 2.45) is 0 Å². The minimum absolute atomic E-state index is 0.0347. The number of benzene rings is 1. The van der Waals surface area contributed by atoms with Gasteiger partial charge in [-0.2, -0.15) is 0 Å². The molecule has 0 bridgehead atoms. The van der Waals surface area contributed by atoms with Crippen molar-refractivity contribution in [3.63, 3.8) is 0 Å². The highest BCUT2D eigenvalue weighted by Gasteiger charge is 2.32. The standard InChI is InChI=1S/C18H17N3O4S2/c1-2-25-17(24)14-11(10-6-4-3-5-7-10)9-26-16(14)20-13(22)8-12-15(23)21-18(19)27-12/h3-7,9,12H,2,8H2,1H3,(H,20,22)(H2,19,21,23). The van der Waals surface area contributed by atoms with Crippen LogP contribution < -0.4 is 10.6 Å². The molecule has 0 spiro atoms. The number of hydrogen-bond acceptors (Lipinski definition) is 7. The van der Waals surface area contributed by atoms with Gasteiger partial charge in [0.1, 0.15) is 15.8 Å². The third-order valence-corrected chi connectivity index (χ3v) is 5.67. The van der Waals surface area contributed by atoms with Gasteiger partial charge in [0.2, 0.25) is 11.8 Å². The number of amides is 2. The van der Waals surface area contributed by atoms with Gasteiger partial charge in [0, 0.05) is 17.4 Å². The molecule has 3 rings (SSSR count). The Kier molecular flexibility index (Phi) is 5.92. The van der Waals surface area contributed by atoms with Crippen LogP contribution in [-0.4, -0.2) is 34.8 Å². The summed E-state index contributed by atoms with van der Waals surface area (Å²) in [5, 5.41) is 14.1. The summed E-state index contributed by atoms with van der Waals surface area (Å²) < 4.78 is 5.16. The van der Waals surface area contributed by atoms with E-state index in [1.54, 1.807) is 12.3 Å². The van der Waals surface area contributed by atoms with Crippen molar-refractivity contribution in [1.82, 2.24) is 5.32 Å². The van der Waals surface area contributed by atoms with Crippen molar-refractivity contribution >= 4 is 51.1 Å². The average molecular weight is 403 g/mol. The molecule has 1 unspecified atom stereocenters. The molecule has 140 valence electrons. The molecule has 27 heavy (non-hydrogen) atoms. The molecule has 1 saturated heterocycles. The van der Waals surface area contributed by atoms with Crippen LogP contribution in [0.4, 0.5) is 5.00 Å². The zero-order valence-corrected chi connectivity index (χ0v) is 16.0. The monoisotopic (exact) mass is 403 g/mol. The molecule has 7 nitrogen and oxygen atoms in total. The highest BCUT2D eigenvalue weighted by Crippen LogP contribution is 2.36. The first kappa shape index (κ1) is 19.1. The lowest BCUT2D eigenvalue weighted by atomic mass is 10.0. The molecular weight excluding hydrogens is 386 g/mol. The van der Waals surface area contributed by atoms with Gasteiger partial charge >= 0.3 is 5.97 Å². The first-order valence-corrected chi connectivity index (χ1v) is 9.95. The summed E-state index contributed by atoms with van der Waals surface area (Å²) in [6, 6.07) is 9.36. The van der Waals surface area contributed by atoms with Crippen molar-refractivity contribution in [2.45, 2.75) is 18.6 Å². The third-order valence-electron chi connectivity index (χ3n) is 3.77. The van der Waals surface area contributed by atoms with Crippen LogP contribution in [0.1, 0.15) is 23.7 Å². The van der Waals surface area contributed by atoms with Gasteiger partial charge in [-0.15, -0.1) is 11.3 Å². The van der Waals surface area contributed by atoms with Crippen molar-refractivity contribution in [3.05, 3.63) is 41.3 Å². The minimum Gasteiger partial charge on any atom is -0.462 e. The predicted molar refractivity (Wildman–Crippen MR) is 106 cm³/mol. The van der Waals surface area contributed by atoms with Crippen LogP contribution in [-0.2, 0) is 14.3 Å². The number of amidine groups is 1. The third kappa shape index (κ3) is 4.37. The second kappa shape index (κ2) is 8.36. The van der Waals surface area contributed by atoms with E-state index in [4.69, 9.17) is 10.1 Å². The first-order chi connectivity index (χ1) is 13.0. The summed E-state index contributed by atoms with van der Waals surface area (Å²) in [6.07, 6.45) is -0.0836. The lowest BCUT2D eigenvalue weighted by Gasteiger charge is -2.10. The van der Waals surface area contributed by atoms with Crippen molar-refractivity contribution < 1.29 is 19.1 Å². The molecular formula is C18H17N3O4S2. The summed E-state index contributed by atoms with van der Waals surface area (Å²) in [4.78, 5) is 36.6. The highest BCUT2D eigenvalue weighted by molar-refractivity contribution is 8.15. The zero-order chi connectivity index (χ0) is 19.4. The number of thiophene rings is 1. The lowest BCUT2D eigenvalue weighted by molar-refractivity contribution is -0.122. The molecule has 0 aliphatic carbocycles. The first-order valence-electron chi connectivity index (χ1n) is 8.19. The van der Waals surface area contributed by atoms with Crippen molar-refractivity contribution in [2.75, 3.05) is 11.9 Å². The molecule has 1 atom stereocenters. The Hall–Kier alpha value is -2.65. The van der Waals surface area contributed by atoms with Crippen molar-refractivity contribution in [1.29, 1.82) is 5.41 Å². The van der Waals surface area contributed by atoms with Gasteiger partial charge in [0.05, 0.1) is 6.61 Å². The summed E-state index contributed by atoms with van der Waals surface area (Å²) in [6.45, 7) is 1.94. The Labute approximate surface area is 164 Å². The van der Waals surface area contributed by atoms with Crippen LogP contribution in [0.25, 0.3) is 11.1 Å². The van der Waals surface area contributed by atoms with E-state index in [1.807, 2.05) is 30.3 Å². The van der Waals surface area contributed by atoms with Gasteiger partial charge < -0.3 is 15.4 Å². The SMILES string of the molecule is CCOC(=O)c1c(-c2ccccc2)csc1NC(=O)CC1SC(=N)NC1=O. The molecule has 1 fully saturated rings. The van der Waals surface area contributed by atoms with Crippen molar-refractivity contribution in [3.8, 4) is 11.1 Å². The number of nitrogens with one attached hydrogen (secondary N) is 3. The number of ether oxygens (including phenoxy) is 1. The summed E-state index contributed by atoms with van der Waals surface area (Å²) in [5.41, 5.74) is 1.83. The predicted octanol–water partition coefficient (Wildman–Crippen LogP) is 3.09. The van der Waals surface area contributed by atoms with Gasteiger partial charge in [-0.1, -0.05) is 42.1 Å². The number of carbonyl (C=O) groups is 3. The van der Waals surface area contributed by atoms with Gasteiger partial charge in [0.15, 0.2) is 5.17 Å². The minimum atomic E-state index is -0.642. The molecule has 1 aliphatic rings. The molecule has 1 aromatic heterocycles. The zero-order valence-electron chi connectivity index (χ0n) is 14.4. The number of esters is 1. The molecule has 0 radical (unpaired) electrons. The Bertz CT molecular complexity index is 895. The lowest BCUT2D eigenvalue weighted by Crippen LogP contribution is -2.28. The fraction of sp³-hybridized carbons (Fsp3) is 0.222. The number of thioether (sulfide) groups is 1. The topological polar surface area (TPSA) is 108 Å². The van der Waals surface area contributed by atoms with Crippen LogP contribution in [0.3, 0.4) is 0 Å². The van der Waals surface area contributed by atoms with E-state index < -0.39 is 17.1 Å². The van der Waals surface area contributed by atoms with E-state index in [0.29, 0.717) is 16.1 Å². The second-order valence-corrected chi connectivity index (χ2v) is 7.71. The maximum atomic E-state index is 12.5. The molecule has 1 aromatic carbocycles. The maximum Gasteiger partial charge on any atom is 0.341 e. The molecule has 3 N–H and O–H groups in total. The van der Waals surface area contributed by atoms with Crippen LogP contribution in [0.2, 0.25) is 0 Å². The molecule has 2 amide bonds. The Morgan fingerprint density at radius 1 is 1.30 bits per heavy atom. The Morgan fingerprint density at radius 3 is 2.67 bits per heavy atom. The smallest absolute Gasteiger partial charge is 0.341 e. The van der Waals surface area contributed by atoms with E-state index in [1.165, 1.54) is 11.3 Å². The van der Waals surface area contributed by atoms with E-state index in [2.05, 4.69) is 10.6 Å². The van der Waals surface area contributed by atoms with Crippen LogP contribution in [0, 0.1) is 5.41 Å². The molecule has 1 aliphatic heterocycles. The summed E-state index contributed by atoms with van der Waals surface area (Å²) in [5.74, 6) is -1.27. The van der Waals surface area contributed by atoms with E-state index >= 15 is 0 Å². The fourth-order valence-corrected chi connectivity index (χ4v) is 4.40. The maximum absolute atomic E-state index is 12.5.